The van der Waals surface area contributed by atoms with Crippen molar-refractivity contribution in [3.8, 4) is 5.69 Å². The molecule has 0 aliphatic heterocycles. The molecule has 0 spiro atoms. The largest absolute Gasteiger partial charge is 0.290 e. The van der Waals surface area contributed by atoms with Crippen molar-refractivity contribution in [1.29, 1.82) is 0 Å². The van der Waals surface area contributed by atoms with Gasteiger partial charge in [0.15, 0.2) is 0 Å². The number of hydrazone groups is 1. The van der Waals surface area contributed by atoms with Crippen molar-refractivity contribution in [2.45, 2.75) is 26.2 Å². The first kappa shape index (κ1) is 20.1. The highest BCUT2D eigenvalue weighted by atomic mass is 35.5. The zero-order chi connectivity index (χ0) is 20.3. The van der Waals surface area contributed by atoms with Gasteiger partial charge in [-0.25, -0.2) is 10.1 Å². The molecule has 0 radical (unpaired) electrons. The van der Waals surface area contributed by atoms with Crippen LogP contribution in [0.1, 0.15) is 42.5 Å². The van der Waals surface area contributed by atoms with Gasteiger partial charge in [0.2, 0.25) is 0 Å². The van der Waals surface area contributed by atoms with Crippen molar-refractivity contribution in [1.82, 2.24) is 15.2 Å². The van der Waals surface area contributed by atoms with Crippen molar-refractivity contribution in [3.05, 3.63) is 81.6 Å². The minimum absolute atomic E-state index is 0.199. The van der Waals surface area contributed by atoms with Crippen LogP contribution >= 0.6 is 23.2 Å². The average molecular weight is 415 g/mol. The molecule has 28 heavy (non-hydrogen) atoms. The number of hydrogen-bond acceptors (Lipinski definition) is 3. The molecule has 2 aromatic carbocycles. The van der Waals surface area contributed by atoms with Crippen LogP contribution in [0.2, 0.25) is 10.0 Å². The lowest BCUT2D eigenvalue weighted by atomic mass is 9.92. The van der Waals surface area contributed by atoms with Gasteiger partial charge in [-0.05, 0) is 30.3 Å². The Morgan fingerprint density at radius 1 is 1.11 bits per heavy atom. The second-order valence-electron chi connectivity index (χ2n) is 7.28. The number of nitrogens with one attached hydrogen (secondary N) is 1. The Labute approximate surface area is 174 Å². The molecule has 0 aliphatic carbocycles. The van der Waals surface area contributed by atoms with Crippen LogP contribution in [-0.4, -0.2) is 21.9 Å². The number of carbonyl (C=O) groups is 1. The van der Waals surface area contributed by atoms with E-state index in [4.69, 9.17) is 23.2 Å². The molecule has 144 valence electrons. The molecule has 5 nitrogen and oxygen atoms in total. The number of rotatable bonds is 4. The molecule has 1 amide bonds. The van der Waals surface area contributed by atoms with E-state index >= 15 is 0 Å². The van der Waals surface area contributed by atoms with Gasteiger partial charge in [-0.15, -0.1) is 0 Å². The SMILES string of the molecule is CC(C)(C)c1cc(C(=O)N/N=C\c2ccc(Cl)cc2Cl)n(-c2ccccc2)n1. The van der Waals surface area contributed by atoms with Gasteiger partial charge in [0.25, 0.3) is 5.91 Å². The lowest BCUT2D eigenvalue weighted by Gasteiger charge is -2.14. The summed E-state index contributed by atoms with van der Waals surface area (Å²) in [5.41, 5.74) is 5.00. The van der Waals surface area contributed by atoms with E-state index in [9.17, 15) is 4.79 Å². The van der Waals surface area contributed by atoms with Crippen LogP contribution in [0.25, 0.3) is 5.69 Å². The van der Waals surface area contributed by atoms with Crippen LogP contribution in [0, 0.1) is 0 Å². The minimum Gasteiger partial charge on any atom is -0.266 e. The van der Waals surface area contributed by atoms with Crippen molar-refractivity contribution in [2.24, 2.45) is 5.10 Å². The second kappa shape index (κ2) is 8.17. The summed E-state index contributed by atoms with van der Waals surface area (Å²) in [5.74, 6) is -0.367. The molecule has 0 atom stereocenters. The summed E-state index contributed by atoms with van der Waals surface area (Å²) < 4.78 is 1.63. The fourth-order valence-corrected chi connectivity index (χ4v) is 2.96. The molecule has 7 heteroatoms. The van der Waals surface area contributed by atoms with Gasteiger partial charge in [-0.1, -0.05) is 68.2 Å². The highest BCUT2D eigenvalue weighted by molar-refractivity contribution is 6.36. The van der Waals surface area contributed by atoms with E-state index in [-0.39, 0.29) is 11.3 Å². The lowest BCUT2D eigenvalue weighted by Crippen LogP contribution is -2.21. The number of benzene rings is 2. The fourth-order valence-electron chi connectivity index (χ4n) is 2.50. The number of aromatic nitrogens is 2. The zero-order valence-electron chi connectivity index (χ0n) is 15.8. The number of amides is 1. The predicted octanol–water partition coefficient (Wildman–Crippen LogP) is 5.24. The van der Waals surface area contributed by atoms with E-state index in [1.165, 1.54) is 6.21 Å². The molecule has 0 unspecified atom stereocenters. The van der Waals surface area contributed by atoms with Crippen molar-refractivity contribution < 1.29 is 4.79 Å². The zero-order valence-corrected chi connectivity index (χ0v) is 17.3. The second-order valence-corrected chi connectivity index (χ2v) is 8.12. The fraction of sp³-hybridized carbons (Fsp3) is 0.190. The van der Waals surface area contributed by atoms with Crippen LogP contribution in [0.4, 0.5) is 0 Å². The molecule has 0 saturated heterocycles. The monoisotopic (exact) mass is 414 g/mol. The van der Waals surface area contributed by atoms with Gasteiger partial charge < -0.3 is 0 Å². The Morgan fingerprint density at radius 2 is 1.82 bits per heavy atom. The third kappa shape index (κ3) is 4.61. The Balaban J connectivity index is 1.88. The van der Waals surface area contributed by atoms with Crippen molar-refractivity contribution >= 4 is 35.3 Å². The van der Waals surface area contributed by atoms with Crippen LogP contribution in [0.3, 0.4) is 0 Å². The number of halogens is 2. The number of hydrogen-bond donors (Lipinski definition) is 1. The van der Waals surface area contributed by atoms with Gasteiger partial charge in [0, 0.05) is 16.0 Å². The third-order valence-electron chi connectivity index (χ3n) is 4.04. The van der Waals surface area contributed by atoms with E-state index in [2.05, 4.69) is 15.6 Å². The molecule has 0 fully saturated rings. The summed E-state index contributed by atoms with van der Waals surface area (Å²) in [6, 6.07) is 16.3. The third-order valence-corrected chi connectivity index (χ3v) is 4.61. The average Bonchev–Trinajstić information content (AvgIpc) is 3.10. The summed E-state index contributed by atoms with van der Waals surface area (Å²) in [4.78, 5) is 12.8. The quantitative estimate of drug-likeness (QED) is 0.468. The highest BCUT2D eigenvalue weighted by Crippen LogP contribution is 2.24. The molecule has 0 aliphatic rings. The minimum atomic E-state index is -0.367. The van der Waals surface area contributed by atoms with Gasteiger partial charge in [-0.2, -0.15) is 10.2 Å². The highest BCUT2D eigenvalue weighted by Gasteiger charge is 2.23. The Morgan fingerprint density at radius 3 is 2.46 bits per heavy atom. The van der Waals surface area contributed by atoms with Gasteiger partial charge in [0.05, 0.1) is 22.6 Å². The molecule has 0 saturated carbocycles. The van der Waals surface area contributed by atoms with Crippen molar-refractivity contribution in [2.75, 3.05) is 0 Å². The van der Waals surface area contributed by atoms with Crippen molar-refractivity contribution in [3.63, 3.8) is 0 Å². The molecule has 3 aromatic rings. The van der Waals surface area contributed by atoms with Crippen LogP contribution < -0.4 is 5.43 Å². The topological polar surface area (TPSA) is 59.3 Å². The summed E-state index contributed by atoms with van der Waals surface area (Å²) in [6.45, 7) is 6.15. The van der Waals surface area contributed by atoms with E-state index in [0.29, 0.717) is 21.3 Å². The van der Waals surface area contributed by atoms with Crippen LogP contribution in [0.15, 0.2) is 59.7 Å². The molecule has 1 N–H and O–H groups in total. The van der Waals surface area contributed by atoms with Gasteiger partial charge in [0.1, 0.15) is 5.69 Å². The predicted molar refractivity (Wildman–Crippen MR) is 114 cm³/mol. The summed E-state index contributed by atoms with van der Waals surface area (Å²) in [6.07, 6.45) is 1.48. The van der Waals surface area contributed by atoms with E-state index in [1.54, 1.807) is 28.9 Å². The smallest absolute Gasteiger partial charge is 0.266 e. The Bertz CT molecular complexity index is 1020. The number of nitrogens with zero attached hydrogens (tertiary/aromatic N) is 3. The van der Waals surface area contributed by atoms with Crippen LogP contribution in [0.5, 0.6) is 0 Å². The maximum atomic E-state index is 12.8. The first-order chi connectivity index (χ1) is 13.3. The standard InChI is InChI=1S/C21H20Cl2N4O/c1-21(2,3)19-12-18(27(26-19)16-7-5-4-6-8-16)20(28)25-24-13-14-9-10-15(22)11-17(14)23/h4-13H,1-3H3,(H,25,28)/b24-13-. The van der Waals surface area contributed by atoms with Gasteiger partial charge in [-0.3, -0.25) is 4.79 Å². The maximum Gasteiger partial charge on any atom is 0.290 e. The molecule has 0 bridgehead atoms. The van der Waals surface area contributed by atoms with E-state index < -0.39 is 0 Å². The first-order valence-electron chi connectivity index (χ1n) is 8.70. The summed E-state index contributed by atoms with van der Waals surface area (Å²) in [5, 5.41) is 9.64. The number of carbonyl (C=O) groups excluding carboxylic acids is 1. The molecule has 3 rings (SSSR count). The Hall–Kier alpha value is -2.63. The maximum absolute atomic E-state index is 12.8. The molecule has 1 aromatic heterocycles. The summed E-state index contributed by atoms with van der Waals surface area (Å²) in [7, 11) is 0. The van der Waals surface area contributed by atoms with Crippen LogP contribution in [-0.2, 0) is 5.41 Å². The summed E-state index contributed by atoms with van der Waals surface area (Å²) >= 11 is 12.0. The lowest BCUT2D eigenvalue weighted by molar-refractivity contribution is 0.0947. The number of para-hydroxylation sites is 1. The van der Waals surface area contributed by atoms with E-state index in [1.807, 2.05) is 51.1 Å². The molecular weight excluding hydrogens is 395 g/mol. The first-order valence-corrected chi connectivity index (χ1v) is 9.46. The van der Waals surface area contributed by atoms with Gasteiger partial charge >= 0.3 is 0 Å². The van der Waals surface area contributed by atoms with E-state index in [0.717, 1.165) is 11.4 Å². The Kier molecular flexibility index (Phi) is 5.87. The molecular formula is C21H20Cl2N4O. The molecule has 1 heterocycles. The normalized spacial score (nSPS) is 11.8.